The molecule has 14 nitrogen and oxygen atoms in total. The summed E-state index contributed by atoms with van der Waals surface area (Å²) >= 11 is 0. The molecule has 1 aliphatic rings. The van der Waals surface area contributed by atoms with Crippen LogP contribution in [0.25, 0.3) is 17.2 Å². The van der Waals surface area contributed by atoms with E-state index in [0.29, 0.717) is 23.8 Å². The van der Waals surface area contributed by atoms with E-state index >= 15 is 0 Å². The van der Waals surface area contributed by atoms with Crippen molar-refractivity contribution in [2.45, 2.75) is 53.0 Å². The van der Waals surface area contributed by atoms with Gasteiger partial charge in [-0.05, 0) is 39.2 Å². The fraction of sp³-hybridized carbons (Fsp3) is 0.500. The summed E-state index contributed by atoms with van der Waals surface area (Å²) in [4.78, 5) is 52.5. The molecule has 1 aliphatic heterocycles. The van der Waals surface area contributed by atoms with E-state index in [9.17, 15) is 18.9 Å². The van der Waals surface area contributed by atoms with Crippen LogP contribution in [0.3, 0.4) is 0 Å². The molecule has 47 heavy (non-hydrogen) atoms. The SMILES string of the molecule is CCCCOC(=O)N1CCN(C(=O)C(CCP(=O)(OCC)OCC)NC(=O)c2cc(-n3cc(C)cn3)nc(-c3ccccc3)n2)CC1. The van der Waals surface area contributed by atoms with Crippen molar-refractivity contribution in [1.82, 2.24) is 34.9 Å². The number of hydrogen-bond acceptors (Lipinski definition) is 10. The van der Waals surface area contributed by atoms with E-state index in [2.05, 4.69) is 20.4 Å². The van der Waals surface area contributed by atoms with Gasteiger partial charge in [0.1, 0.15) is 11.7 Å². The number of aromatic nitrogens is 4. The van der Waals surface area contributed by atoms with Crippen molar-refractivity contribution in [2.75, 3.05) is 52.2 Å². The lowest BCUT2D eigenvalue weighted by Crippen LogP contribution is -2.56. The van der Waals surface area contributed by atoms with E-state index in [1.807, 2.05) is 44.2 Å². The Hall–Kier alpha value is -4.13. The van der Waals surface area contributed by atoms with Gasteiger partial charge in [0.2, 0.25) is 5.91 Å². The summed E-state index contributed by atoms with van der Waals surface area (Å²) in [6.45, 7) is 9.07. The summed E-state index contributed by atoms with van der Waals surface area (Å²) in [6.07, 6.45) is 4.64. The van der Waals surface area contributed by atoms with Crippen LogP contribution in [0, 0.1) is 6.92 Å². The highest BCUT2D eigenvalue weighted by Crippen LogP contribution is 2.48. The maximum Gasteiger partial charge on any atom is 0.409 e. The lowest BCUT2D eigenvalue weighted by atomic mass is 10.1. The summed E-state index contributed by atoms with van der Waals surface area (Å²) in [5.74, 6) is -0.312. The van der Waals surface area contributed by atoms with Crippen molar-refractivity contribution in [2.24, 2.45) is 0 Å². The summed E-state index contributed by atoms with van der Waals surface area (Å²) in [5, 5.41) is 7.17. The van der Waals surface area contributed by atoms with Crippen LogP contribution in [0.2, 0.25) is 0 Å². The van der Waals surface area contributed by atoms with Gasteiger partial charge in [-0.25, -0.2) is 19.4 Å². The van der Waals surface area contributed by atoms with Crippen molar-refractivity contribution in [3.63, 3.8) is 0 Å². The van der Waals surface area contributed by atoms with Gasteiger partial charge in [-0.3, -0.25) is 14.2 Å². The zero-order chi connectivity index (χ0) is 33.8. The number of unbranched alkanes of at least 4 members (excludes halogenated alkanes) is 1. The number of rotatable bonds is 15. The summed E-state index contributed by atoms with van der Waals surface area (Å²) < 4.78 is 31.1. The Kier molecular flexibility index (Phi) is 13.0. The van der Waals surface area contributed by atoms with Crippen LogP contribution in [-0.2, 0) is 23.1 Å². The number of amides is 3. The molecule has 1 aromatic carbocycles. The molecule has 1 fully saturated rings. The minimum absolute atomic E-state index is 0.0110. The summed E-state index contributed by atoms with van der Waals surface area (Å²) in [6, 6.07) is 9.65. The van der Waals surface area contributed by atoms with E-state index in [4.69, 9.17) is 13.8 Å². The average molecular weight is 670 g/mol. The Morgan fingerprint density at radius 1 is 0.979 bits per heavy atom. The molecule has 0 radical (unpaired) electrons. The number of piperazine rings is 1. The molecular weight excluding hydrogens is 625 g/mol. The van der Waals surface area contributed by atoms with Crippen LogP contribution in [-0.4, -0.2) is 106 Å². The molecule has 0 saturated carbocycles. The van der Waals surface area contributed by atoms with Crippen LogP contribution in [0.4, 0.5) is 4.79 Å². The monoisotopic (exact) mass is 669 g/mol. The minimum Gasteiger partial charge on any atom is -0.449 e. The topological polar surface area (TPSA) is 158 Å². The Morgan fingerprint density at radius 2 is 1.66 bits per heavy atom. The predicted molar refractivity (Wildman–Crippen MR) is 175 cm³/mol. The van der Waals surface area contributed by atoms with Crippen LogP contribution in [0.5, 0.6) is 0 Å². The van der Waals surface area contributed by atoms with Gasteiger partial charge in [0.05, 0.1) is 32.2 Å². The maximum absolute atomic E-state index is 13.9. The molecule has 1 saturated heterocycles. The molecule has 15 heteroatoms. The van der Waals surface area contributed by atoms with Crippen molar-refractivity contribution in [3.05, 3.63) is 60.0 Å². The largest absolute Gasteiger partial charge is 0.449 e. The first kappa shape index (κ1) is 35.7. The third kappa shape index (κ3) is 9.93. The zero-order valence-electron chi connectivity index (χ0n) is 27.5. The standard InChI is InChI=1S/C32H44N7O7P/c1-5-8-19-44-32(42)38-17-15-37(16-18-38)31(41)26(14-20-47(43,45-6-2)46-7-3)35-30(40)27-21-28(39-23-24(4)22-33-39)36-29(34-27)25-12-10-9-11-13-25/h9-13,21-23,26H,5-8,14-20H2,1-4H3,(H,35,40). The van der Waals surface area contributed by atoms with Crippen LogP contribution in [0.15, 0.2) is 48.8 Å². The molecule has 3 heterocycles. The molecule has 0 aliphatic carbocycles. The van der Waals surface area contributed by atoms with Crippen molar-refractivity contribution >= 4 is 25.5 Å². The second-order valence-electron chi connectivity index (χ2n) is 11.0. The lowest BCUT2D eigenvalue weighted by Gasteiger charge is -2.36. The van der Waals surface area contributed by atoms with Gasteiger partial charge in [0, 0.05) is 44.0 Å². The van der Waals surface area contributed by atoms with E-state index in [-0.39, 0.29) is 63.6 Å². The van der Waals surface area contributed by atoms with Gasteiger partial charge < -0.3 is 28.9 Å². The lowest BCUT2D eigenvalue weighted by molar-refractivity contribution is -0.134. The fourth-order valence-corrected chi connectivity index (χ4v) is 6.68. The Balaban J connectivity index is 1.58. The summed E-state index contributed by atoms with van der Waals surface area (Å²) in [5.41, 5.74) is 1.63. The first-order valence-electron chi connectivity index (χ1n) is 16.0. The molecule has 0 bridgehead atoms. The molecule has 0 spiro atoms. The molecule has 3 amide bonds. The van der Waals surface area contributed by atoms with Crippen LogP contribution < -0.4 is 5.32 Å². The fourth-order valence-electron chi connectivity index (χ4n) is 4.98. The maximum atomic E-state index is 13.9. The number of nitrogens with one attached hydrogen (secondary N) is 1. The summed E-state index contributed by atoms with van der Waals surface area (Å²) in [7, 11) is -3.53. The molecule has 254 valence electrons. The van der Waals surface area contributed by atoms with E-state index in [1.54, 1.807) is 40.7 Å². The molecule has 1 N–H and O–H groups in total. The number of ether oxygens (including phenoxy) is 1. The highest BCUT2D eigenvalue weighted by molar-refractivity contribution is 7.53. The van der Waals surface area contributed by atoms with Crippen molar-refractivity contribution < 1.29 is 32.7 Å². The van der Waals surface area contributed by atoms with E-state index in [1.165, 1.54) is 6.07 Å². The normalized spacial score (nSPS) is 14.1. The molecule has 4 rings (SSSR count). The number of hydrogen-bond donors (Lipinski definition) is 1. The molecule has 3 aromatic rings. The molecule has 2 aromatic heterocycles. The highest BCUT2D eigenvalue weighted by Gasteiger charge is 2.34. The van der Waals surface area contributed by atoms with E-state index < -0.39 is 25.6 Å². The van der Waals surface area contributed by atoms with Gasteiger partial charge in [0.25, 0.3) is 5.91 Å². The highest BCUT2D eigenvalue weighted by atomic mass is 31.2. The minimum atomic E-state index is -3.53. The van der Waals surface area contributed by atoms with Gasteiger partial charge in [-0.15, -0.1) is 0 Å². The Bertz CT molecular complexity index is 1530. The smallest absolute Gasteiger partial charge is 0.409 e. The van der Waals surface area contributed by atoms with Crippen LogP contribution >= 0.6 is 7.60 Å². The number of benzene rings is 1. The van der Waals surface area contributed by atoms with Gasteiger partial charge >= 0.3 is 13.7 Å². The third-order valence-electron chi connectivity index (χ3n) is 7.44. The second kappa shape index (κ2) is 17.1. The second-order valence-corrected chi connectivity index (χ2v) is 13.2. The molecule has 1 unspecified atom stereocenters. The molecular formula is C32H44N7O7P. The third-order valence-corrected chi connectivity index (χ3v) is 9.55. The van der Waals surface area contributed by atoms with Gasteiger partial charge in [0.15, 0.2) is 11.6 Å². The van der Waals surface area contributed by atoms with Crippen molar-refractivity contribution in [1.29, 1.82) is 0 Å². The number of carbonyl (C=O) groups excluding carboxylic acids is 3. The van der Waals surface area contributed by atoms with Gasteiger partial charge in [-0.1, -0.05) is 43.7 Å². The molecule has 1 atom stereocenters. The Morgan fingerprint density at radius 3 is 2.28 bits per heavy atom. The van der Waals surface area contributed by atoms with E-state index in [0.717, 1.165) is 18.4 Å². The number of carbonyl (C=O) groups is 3. The Labute approximate surface area is 275 Å². The number of nitrogens with zero attached hydrogens (tertiary/aromatic N) is 6. The average Bonchev–Trinajstić information content (AvgIpc) is 3.53. The van der Waals surface area contributed by atoms with Crippen molar-refractivity contribution in [3.8, 4) is 17.2 Å². The number of aryl methyl sites for hydroxylation is 1. The van der Waals surface area contributed by atoms with Crippen LogP contribution in [0.1, 0.15) is 56.1 Å². The quantitative estimate of drug-likeness (QED) is 0.181. The zero-order valence-corrected chi connectivity index (χ0v) is 28.4. The first-order valence-corrected chi connectivity index (χ1v) is 17.7. The van der Waals surface area contributed by atoms with Gasteiger partial charge in [-0.2, -0.15) is 5.10 Å². The first-order chi connectivity index (χ1) is 22.7. The predicted octanol–water partition coefficient (Wildman–Crippen LogP) is 4.47.